The highest BCUT2D eigenvalue weighted by Crippen LogP contribution is 2.26. The molecule has 0 aromatic heterocycles. The van der Waals surface area contributed by atoms with E-state index in [1.54, 1.807) is 0 Å². The second kappa shape index (κ2) is 3.97. The van der Waals surface area contributed by atoms with Crippen molar-refractivity contribution in [1.82, 2.24) is 9.80 Å². The summed E-state index contributed by atoms with van der Waals surface area (Å²) < 4.78 is 0. The average Bonchev–Trinajstić information content (AvgIpc) is 2.43. The second-order valence-electron chi connectivity index (χ2n) is 4.79. The zero-order valence-electron chi connectivity index (χ0n) is 9.00. The average molecular weight is 182 g/mol. The third kappa shape index (κ3) is 2.05. The van der Waals surface area contributed by atoms with Crippen molar-refractivity contribution < 1.29 is 0 Å². The van der Waals surface area contributed by atoms with Gasteiger partial charge in [-0.25, -0.2) is 0 Å². The maximum atomic E-state index is 2.57. The van der Waals surface area contributed by atoms with E-state index in [-0.39, 0.29) is 0 Å². The third-order valence-electron chi connectivity index (χ3n) is 3.92. The van der Waals surface area contributed by atoms with Crippen LogP contribution in [0.5, 0.6) is 0 Å². The quantitative estimate of drug-likeness (QED) is 0.561. The molecule has 76 valence electrons. The topological polar surface area (TPSA) is 6.48 Å². The Hall–Kier alpha value is -0.0800. The molecule has 0 amide bonds. The van der Waals surface area contributed by atoms with Crippen molar-refractivity contribution in [2.75, 3.05) is 27.2 Å². The van der Waals surface area contributed by atoms with Crippen LogP contribution in [0.4, 0.5) is 0 Å². The molecule has 0 radical (unpaired) electrons. The van der Waals surface area contributed by atoms with Crippen LogP contribution >= 0.6 is 0 Å². The van der Waals surface area contributed by atoms with Gasteiger partial charge in [0.05, 0.1) is 0 Å². The van der Waals surface area contributed by atoms with Crippen LogP contribution in [0.1, 0.15) is 32.1 Å². The Morgan fingerprint density at radius 2 is 1.31 bits per heavy atom. The minimum Gasteiger partial charge on any atom is -0.302 e. The second-order valence-corrected chi connectivity index (χ2v) is 4.79. The molecule has 2 bridgehead atoms. The molecule has 2 rings (SSSR count). The van der Waals surface area contributed by atoms with Crippen LogP contribution in [0.2, 0.25) is 0 Å². The number of hydrogen-bond acceptors (Lipinski definition) is 2. The van der Waals surface area contributed by atoms with Gasteiger partial charge in [-0.15, -0.1) is 0 Å². The van der Waals surface area contributed by atoms with Crippen molar-refractivity contribution in [3.8, 4) is 0 Å². The normalized spacial score (nSPS) is 38.3. The van der Waals surface area contributed by atoms with Gasteiger partial charge in [0.2, 0.25) is 0 Å². The molecular formula is C11H22N2. The van der Waals surface area contributed by atoms with Gasteiger partial charge in [0.1, 0.15) is 0 Å². The van der Waals surface area contributed by atoms with Gasteiger partial charge in [0, 0.05) is 25.2 Å². The van der Waals surface area contributed by atoms with Crippen molar-refractivity contribution in [1.29, 1.82) is 0 Å². The lowest BCUT2D eigenvalue weighted by molar-refractivity contribution is 0.235. The summed E-state index contributed by atoms with van der Waals surface area (Å²) >= 11 is 0. The Labute approximate surface area is 81.9 Å². The van der Waals surface area contributed by atoms with Crippen LogP contribution in [0.3, 0.4) is 0 Å². The lowest BCUT2D eigenvalue weighted by atomic mass is 10.1. The Morgan fingerprint density at radius 3 is 1.77 bits per heavy atom. The molecule has 1 heterocycles. The van der Waals surface area contributed by atoms with Crippen LogP contribution in [0.25, 0.3) is 0 Å². The summed E-state index contributed by atoms with van der Waals surface area (Å²) in [6.45, 7) is 2.52. The minimum atomic E-state index is 0.873. The highest BCUT2D eigenvalue weighted by molar-refractivity contribution is 4.85. The SMILES string of the molecule is CN1CCN(C)C2CCCCC1C2. The van der Waals surface area contributed by atoms with Crippen molar-refractivity contribution in [3.63, 3.8) is 0 Å². The van der Waals surface area contributed by atoms with E-state index in [4.69, 9.17) is 0 Å². The maximum Gasteiger partial charge on any atom is 0.0109 e. The molecule has 13 heavy (non-hydrogen) atoms. The number of likely N-dealkylation sites (N-methyl/N-ethyl adjacent to an activating group) is 2. The van der Waals surface area contributed by atoms with E-state index in [1.807, 2.05) is 0 Å². The van der Waals surface area contributed by atoms with Gasteiger partial charge < -0.3 is 9.80 Å². The molecule has 2 nitrogen and oxygen atoms in total. The molecule has 0 aromatic carbocycles. The number of fused-ring (bicyclic) bond motifs is 2. The Kier molecular flexibility index (Phi) is 2.89. The van der Waals surface area contributed by atoms with E-state index in [2.05, 4.69) is 23.9 Å². The molecule has 2 atom stereocenters. The Morgan fingerprint density at radius 1 is 0.846 bits per heavy atom. The number of rotatable bonds is 0. The van der Waals surface area contributed by atoms with E-state index in [0.29, 0.717) is 0 Å². The van der Waals surface area contributed by atoms with E-state index >= 15 is 0 Å². The molecule has 2 fully saturated rings. The molecule has 1 aliphatic heterocycles. The van der Waals surface area contributed by atoms with Crippen molar-refractivity contribution in [3.05, 3.63) is 0 Å². The third-order valence-corrected chi connectivity index (χ3v) is 3.92. The highest BCUT2D eigenvalue weighted by atomic mass is 15.2. The first-order chi connectivity index (χ1) is 6.27. The fraction of sp³-hybridized carbons (Fsp3) is 1.00. The molecule has 1 saturated heterocycles. The zero-order chi connectivity index (χ0) is 9.26. The summed E-state index contributed by atoms with van der Waals surface area (Å²) in [5.74, 6) is 0. The van der Waals surface area contributed by atoms with E-state index < -0.39 is 0 Å². The molecule has 2 unspecified atom stereocenters. The molecular weight excluding hydrogens is 160 g/mol. The molecule has 2 aliphatic rings. The first kappa shape index (κ1) is 9.47. The van der Waals surface area contributed by atoms with Crippen molar-refractivity contribution in [2.24, 2.45) is 0 Å². The zero-order valence-corrected chi connectivity index (χ0v) is 9.00. The summed E-state index contributed by atoms with van der Waals surface area (Å²) in [4.78, 5) is 5.14. The van der Waals surface area contributed by atoms with Gasteiger partial charge in [0.25, 0.3) is 0 Å². The van der Waals surface area contributed by atoms with Gasteiger partial charge >= 0.3 is 0 Å². The van der Waals surface area contributed by atoms with Crippen LogP contribution in [-0.2, 0) is 0 Å². The van der Waals surface area contributed by atoms with Crippen LogP contribution < -0.4 is 0 Å². The summed E-state index contributed by atoms with van der Waals surface area (Å²) in [5.41, 5.74) is 0. The van der Waals surface area contributed by atoms with Crippen molar-refractivity contribution >= 4 is 0 Å². The largest absolute Gasteiger partial charge is 0.302 e. The Balaban J connectivity index is 2.08. The van der Waals surface area contributed by atoms with Crippen LogP contribution in [0.15, 0.2) is 0 Å². The predicted molar refractivity (Wildman–Crippen MR) is 55.9 cm³/mol. The van der Waals surface area contributed by atoms with Gasteiger partial charge in [-0.05, 0) is 33.4 Å². The molecule has 1 aliphatic carbocycles. The summed E-state index contributed by atoms with van der Waals surface area (Å²) in [6.07, 6.45) is 7.16. The number of hydrogen-bond donors (Lipinski definition) is 0. The molecule has 0 N–H and O–H groups in total. The van der Waals surface area contributed by atoms with Gasteiger partial charge in [-0.3, -0.25) is 0 Å². The maximum absolute atomic E-state index is 2.57. The predicted octanol–water partition coefficient (Wildman–Crippen LogP) is 1.56. The molecule has 0 spiro atoms. The van der Waals surface area contributed by atoms with Gasteiger partial charge in [0.15, 0.2) is 0 Å². The fourth-order valence-corrected chi connectivity index (χ4v) is 2.79. The lowest BCUT2D eigenvalue weighted by Gasteiger charge is -2.25. The van der Waals surface area contributed by atoms with Gasteiger partial charge in [-0.1, -0.05) is 12.8 Å². The highest BCUT2D eigenvalue weighted by Gasteiger charge is 2.28. The summed E-state index contributed by atoms with van der Waals surface area (Å²) in [7, 11) is 4.60. The molecule has 1 saturated carbocycles. The molecule has 0 aromatic rings. The van der Waals surface area contributed by atoms with Crippen LogP contribution in [-0.4, -0.2) is 49.1 Å². The lowest BCUT2D eigenvalue weighted by Crippen LogP contribution is -2.32. The first-order valence-corrected chi connectivity index (χ1v) is 5.68. The van der Waals surface area contributed by atoms with E-state index in [1.165, 1.54) is 45.2 Å². The van der Waals surface area contributed by atoms with E-state index in [9.17, 15) is 0 Å². The van der Waals surface area contributed by atoms with Crippen LogP contribution in [0, 0.1) is 0 Å². The Bertz CT molecular complexity index is 151. The summed E-state index contributed by atoms with van der Waals surface area (Å²) in [6, 6.07) is 1.75. The molecule has 2 heteroatoms. The number of nitrogens with zero attached hydrogens (tertiary/aromatic N) is 2. The summed E-state index contributed by atoms with van der Waals surface area (Å²) in [5, 5.41) is 0. The standard InChI is InChI=1S/C11H22N2/c1-12-7-8-13(2)11-6-4-3-5-10(12)9-11/h10-11H,3-9H2,1-2H3. The minimum absolute atomic E-state index is 0.873. The first-order valence-electron chi connectivity index (χ1n) is 5.68. The monoisotopic (exact) mass is 182 g/mol. The fourth-order valence-electron chi connectivity index (χ4n) is 2.79. The van der Waals surface area contributed by atoms with E-state index in [0.717, 1.165) is 12.1 Å². The smallest absolute Gasteiger partial charge is 0.0109 e. The van der Waals surface area contributed by atoms with Gasteiger partial charge in [-0.2, -0.15) is 0 Å². The van der Waals surface area contributed by atoms with Crippen molar-refractivity contribution in [2.45, 2.75) is 44.2 Å².